The van der Waals surface area contributed by atoms with Crippen molar-refractivity contribution in [3.05, 3.63) is 47.4 Å². The number of H-pyrrole nitrogens is 1. The SMILES string of the molecule is Cc1n[nH]c(C)c1NC(=O)c1cccc2ccn(C)c12. The van der Waals surface area contributed by atoms with E-state index in [4.69, 9.17) is 0 Å². The lowest BCUT2D eigenvalue weighted by Gasteiger charge is -2.08. The Morgan fingerprint density at radius 2 is 2.10 bits per heavy atom. The third-order valence-corrected chi connectivity index (χ3v) is 3.51. The number of fused-ring (bicyclic) bond motifs is 1. The number of para-hydroxylation sites is 1. The smallest absolute Gasteiger partial charge is 0.257 e. The molecule has 2 heterocycles. The van der Waals surface area contributed by atoms with Gasteiger partial charge < -0.3 is 9.88 Å². The molecular weight excluding hydrogens is 252 g/mol. The zero-order valence-electron chi connectivity index (χ0n) is 11.7. The monoisotopic (exact) mass is 268 g/mol. The molecule has 20 heavy (non-hydrogen) atoms. The van der Waals surface area contributed by atoms with Crippen molar-refractivity contribution in [3.8, 4) is 0 Å². The van der Waals surface area contributed by atoms with Gasteiger partial charge in [0.15, 0.2) is 0 Å². The quantitative estimate of drug-likeness (QED) is 0.750. The summed E-state index contributed by atoms with van der Waals surface area (Å²) in [7, 11) is 1.94. The molecule has 0 unspecified atom stereocenters. The van der Waals surface area contributed by atoms with Gasteiger partial charge in [0.25, 0.3) is 5.91 Å². The van der Waals surface area contributed by atoms with Crippen LogP contribution in [0.3, 0.4) is 0 Å². The van der Waals surface area contributed by atoms with E-state index in [9.17, 15) is 4.79 Å². The van der Waals surface area contributed by atoms with E-state index in [-0.39, 0.29) is 5.91 Å². The largest absolute Gasteiger partial charge is 0.350 e. The predicted molar refractivity (Wildman–Crippen MR) is 78.9 cm³/mol. The number of benzene rings is 1. The summed E-state index contributed by atoms with van der Waals surface area (Å²) >= 11 is 0. The van der Waals surface area contributed by atoms with Crippen LogP contribution in [-0.2, 0) is 7.05 Å². The predicted octanol–water partition coefficient (Wildman–Crippen LogP) is 2.77. The first-order valence-corrected chi connectivity index (χ1v) is 6.45. The maximum Gasteiger partial charge on any atom is 0.257 e. The molecule has 1 amide bonds. The van der Waals surface area contributed by atoms with Crippen LogP contribution in [0.25, 0.3) is 10.9 Å². The highest BCUT2D eigenvalue weighted by Crippen LogP contribution is 2.22. The van der Waals surface area contributed by atoms with E-state index < -0.39 is 0 Å². The highest BCUT2D eigenvalue weighted by atomic mass is 16.1. The summed E-state index contributed by atoms with van der Waals surface area (Å²) in [5, 5.41) is 10.9. The van der Waals surface area contributed by atoms with Crippen LogP contribution < -0.4 is 5.32 Å². The van der Waals surface area contributed by atoms with Crippen molar-refractivity contribution in [1.82, 2.24) is 14.8 Å². The van der Waals surface area contributed by atoms with E-state index in [0.717, 1.165) is 28.0 Å². The Labute approximate surface area is 116 Å². The number of rotatable bonds is 2. The lowest BCUT2D eigenvalue weighted by atomic mass is 10.1. The molecule has 3 aromatic rings. The van der Waals surface area contributed by atoms with Crippen LogP contribution >= 0.6 is 0 Å². The molecule has 5 nitrogen and oxygen atoms in total. The maximum atomic E-state index is 12.5. The van der Waals surface area contributed by atoms with Gasteiger partial charge in [-0.3, -0.25) is 9.89 Å². The van der Waals surface area contributed by atoms with Gasteiger partial charge in [0.05, 0.1) is 28.2 Å². The fourth-order valence-electron chi connectivity index (χ4n) is 2.46. The van der Waals surface area contributed by atoms with E-state index in [0.29, 0.717) is 5.56 Å². The number of carbonyl (C=O) groups is 1. The molecule has 102 valence electrons. The fourth-order valence-corrected chi connectivity index (χ4v) is 2.46. The number of nitrogens with zero attached hydrogens (tertiary/aromatic N) is 2. The number of hydrogen-bond acceptors (Lipinski definition) is 2. The minimum atomic E-state index is -0.120. The molecule has 0 aliphatic heterocycles. The van der Waals surface area contributed by atoms with E-state index in [1.54, 1.807) is 0 Å². The van der Waals surface area contributed by atoms with Crippen molar-refractivity contribution in [3.63, 3.8) is 0 Å². The van der Waals surface area contributed by atoms with Crippen LogP contribution in [0, 0.1) is 13.8 Å². The molecule has 0 aliphatic rings. The third-order valence-electron chi connectivity index (χ3n) is 3.51. The molecule has 5 heteroatoms. The summed E-state index contributed by atoms with van der Waals surface area (Å²) in [5.74, 6) is -0.120. The van der Waals surface area contributed by atoms with Crippen molar-refractivity contribution in [2.75, 3.05) is 5.32 Å². The Morgan fingerprint density at radius 3 is 2.80 bits per heavy atom. The Kier molecular flexibility index (Phi) is 2.82. The molecule has 2 aromatic heterocycles. The van der Waals surface area contributed by atoms with Gasteiger partial charge in [-0.1, -0.05) is 12.1 Å². The average Bonchev–Trinajstić information content (AvgIpc) is 2.96. The normalized spacial score (nSPS) is 10.9. The molecule has 0 aliphatic carbocycles. The minimum Gasteiger partial charge on any atom is -0.350 e. The van der Waals surface area contributed by atoms with Crippen molar-refractivity contribution in [2.24, 2.45) is 7.05 Å². The van der Waals surface area contributed by atoms with E-state index in [1.807, 2.05) is 55.9 Å². The summed E-state index contributed by atoms with van der Waals surface area (Å²) in [6, 6.07) is 7.73. The molecule has 0 radical (unpaired) electrons. The topological polar surface area (TPSA) is 62.7 Å². The zero-order chi connectivity index (χ0) is 14.3. The minimum absolute atomic E-state index is 0.120. The van der Waals surface area contributed by atoms with Gasteiger partial charge in [-0.05, 0) is 26.0 Å². The first-order valence-electron chi connectivity index (χ1n) is 6.45. The zero-order valence-corrected chi connectivity index (χ0v) is 11.7. The van der Waals surface area contributed by atoms with E-state index in [2.05, 4.69) is 15.5 Å². The van der Waals surface area contributed by atoms with Gasteiger partial charge in [0, 0.05) is 18.6 Å². The number of amides is 1. The van der Waals surface area contributed by atoms with E-state index >= 15 is 0 Å². The van der Waals surface area contributed by atoms with Gasteiger partial charge >= 0.3 is 0 Å². The standard InChI is InChI=1S/C15H16N4O/c1-9-13(10(2)18-17-9)16-15(20)12-6-4-5-11-7-8-19(3)14(11)12/h4-8H,1-3H3,(H,16,20)(H,17,18). The lowest BCUT2D eigenvalue weighted by molar-refractivity contribution is 0.102. The van der Waals surface area contributed by atoms with Crippen LogP contribution in [0.4, 0.5) is 5.69 Å². The molecular formula is C15H16N4O. The number of aromatic nitrogens is 3. The summed E-state index contributed by atoms with van der Waals surface area (Å²) in [4.78, 5) is 12.5. The van der Waals surface area contributed by atoms with Crippen molar-refractivity contribution in [1.29, 1.82) is 0 Å². The van der Waals surface area contributed by atoms with Gasteiger partial charge in [-0.2, -0.15) is 5.10 Å². The number of aromatic amines is 1. The Hall–Kier alpha value is -2.56. The highest BCUT2D eigenvalue weighted by Gasteiger charge is 2.15. The molecule has 3 rings (SSSR count). The summed E-state index contributed by atoms with van der Waals surface area (Å²) in [6.07, 6.45) is 1.95. The second-order valence-electron chi connectivity index (χ2n) is 4.93. The summed E-state index contributed by atoms with van der Waals surface area (Å²) in [5.41, 5.74) is 3.99. The molecule has 0 fully saturated rings. The van der Waals surface area contributed by atoms with Gasteiger partial charge in [-0.25, -0.2) is 0 Å². The Bertz CT molecular complexity index is 778. The molecule has 1 aromatic carbocycles. The molecule has 2 N–H and O–H groups in total. The number of aryl methyl sites for hydroxylation is 3. The first kappa shape index (κ1) is 12.5. The van der Waals surface area contributed by atoms with Gasteiger partial charge in [0.1, 0.15) is 0 Å². The average molecular weight is 268 g/mol. The summed E-state index contributed by atoms with van der Waals surface area (Å²) < 4.78 is 1.96. The van der Waals surface area contributed by atoms with Crippen molar-refractivity contribution < 1.29 is 4.79 Å². The lowest BCUT2D eigenvalue weighted by Crippen LogP contribution is -2.14. The molecule has 0 saturated carbocycles. The van der Waals surface area contributed by atoms with Crippen LogP contribution in [0.2, 0.25) is 0 Å². The molecule has 0 bridgehead atoms. The molecule has 0 saturated heterocycles. The van der Waals surface area contributed by atoms with Gasteiger partial charge in [0.2, 0.25) is 0 Å². The Balaban J connectivity index is 2.03. The van der Waals surface area contributed by atoms with E-state index in [1.165, 1.54) is 0 Å². The van der Waals surface area contributed by atoms with Crippen LogP contribution in [0.5, 0.6) is 0 Å². The highest BCUT2D eigenvalue weighted by molar-refractivity contribution is 6.12. The first-order chi connectivity index (χ1) is 9.58. The fraction of sp³-hybridized carbons (Fsp3) is 0.200. The van der Waals surface area contributed by atoms with Crippen molar-refractivity contribution in [2.45, 2.75) is 13.8 Å². The Morgan fingerprint density at radius 1 is 1.30 bits per heavy atom. The van der Waals surface area contributed by atoms with Gasteiger partial charge in [-0.15, -0.1) is 0 Å². The molecule has 0 atom stereocenters. The molecule has 0 spiro atoms. The third kappa shape index (κ3) is 1.87. The van der Waals surface area contributed by atoms with Crippen LogP contribution in [0.15, 0.2) is 30.5 Å². The number of anilines is 1. The number of hydrogen-bond donors (Lipinski definition) is 2. The van der Waals surface area contributed by atoms with Crippen LogP contribution in [-0.4, -0.2) is 20.7 Å². The number of nitrogens with one attached hydrogen (secondary N) is 2. The second-order valence-corrected chi connectivity index (χ2v) is 4.93. The van der Waals surface area contributed by atoms with Crippen LogP contribution in [0.1, 0.15) is 21.7 Å². The van der Waals surface area contributed by atoms with Crippen molar-refractivity contribution >= 4 is 22.5 Å². The second kappa shape index (κ2) is 4.52. The summed E-state index contributed by atoms with van der Waals surface area (Å²) in [6.45, 7) is 3.75. The number of carbonyl (C=O) groups excluding carboxylic acids is 1. The maximum absolute atomic E-state index is 12.5.